The van der Waals surface area contributed by atoms with E-state index in [0.717, 1.165) is 17.8 Å². The minimum absolute atomic E-state index is 0.229. The average molecular weight is 420 g/mol. The maximum atomic E-state index is 13.3. The van der Waals surface area contributed by atoms with Crippen LogP contribution in [0.15, 0.2) is 48.2 Å². The molecule has 3 amide bonds. The van der Waals surface area contributed by atoms with E-state index in [1.807, 2.05) is 12.2 Å². The topological polar surface area (TPSA) is 78.5 Å². The highest BCUT2D eigenvalue weighted by Crippen LogP contribution is 2.38. The van der Waals surface area contributed by atoms with Crippen LogP contribution in [0.5, 0.6) is 0 Å². The average Bonchev–Trinajstić information content (AvgIpc) is 3.06. The highest BCUT2D eigenvalue weighted by Gasteiger charge is 2.52. The van der Waals surface area contributed by atoms with Crippen LogP contribution < -0.4 is 10.6 Å². The first-order valence-corrected chi connectivity index (χ1v) is 11.5. The lowest BCUT2D eigenvalue weighted by molar-refractivity contribution is -0.148. The molecule has 2 N–H and O–H groups in total. The molecule has 2 aliphatic carbocycles. The molecule has 2 saturated heterocycles. The number of hydrogen-bond donors (Lipinski definition) is 2. The van der Waals surface area contributed by atoms with Crippen LogP contribution in [0.25, 0.3) is 0 Å². The van der Waals surface area contributed by atoms with Crippen molar-refractivity contribution in [1.82, 2.24) is 10.2 Å². The van der Waals surface area contributed by atoms with E-state index in [1.54, 1.807) is 6.08 Å². The largest absolute Gasteiger partial charge is 0.358 e. The molecule has 1 aromatic rings. The summed E-state index contributed by atoms with van der Waals surface area (Å²) in [6, 6.07) is 7.78. The summed E-state index contributed by atoms with van der Waals surface area (Å²) in [5, 5.41) is 6.16. The Balaban J connectivity index is 1.33. The second-order valence-corrected chi connectivity index (χ2v) is 9.09. The first-order valence-electron chi connectivity index (χ1n) is 11.5. The molecular weight excluding hydrogens is 390 g/mol. The highest BCUT2D eigenvalue weighted by atomic mass is 16.2. The highest BCUT2D eigenvalue weighted by molar-refractivity contribution is 6.10. The van der Waals surface area contributed by atoms with Gasteiger partial charge in [0.2, 0.25) is 17.7 Å². The number of piperidine rings is 1. The normalized spacial score (nSPS) is 28.9. The number of fused-ring (bicyclic) bond motifs is 1. The van der Waals surface area contributed by atoms with Gasteiger partial charge in [-0.1, -0.05) is 43.5 Å². The second-order valence-electron chi connectivity index (χ2n) is 9.09. The summed E-state index contributed by atoms with van der Waals surface area (Å²) in [7, 11) is 0. The summed E-state index contributed by atoms with van der Waals surface area (Å²) in [5.74, 6) is -1.27. The van der Waals surface area contributed by atoms with Crippen LogP contribution in [-0.4, -0.2) is 35.2 Å². The number of imide groups is 1. The van der Waals surface area contributed by atoms with Crippen molar-refractivity contribution in [2.45, 2.75) is 56.9 Å². The molecular formula is C25H29N3O3. The molecule has 1 saturated carbocycles. The third-order valence-electron chi connectivity index (χ3n) is 7.16. The van der Waals surface area contributed by atoms with Gasteiger partial charge in [0.15, 0.2) is 0 Å². The van der Waals surface area contributed by atoms with Crippen LogP contribution in [0, 0.1) is 11.8 Å². The Labute approximate surface area is 182 Å². The quantitative estimate of drug-likeness (QED) is 0.733. The number of nitrogens with zero attached hydrogens (tertiary/aromatic N) is 1. The fourth-order valence-electron chi connectivity index (χ4n) is 5.49. The molecule has 162 valence electrons. The number of allylic oxidation sites excluding steroid dienone is 2. The Hall–Kier alpha value is -2.89. The van der Waals surface area contributed by atoms with Gasteiger partial charge in [0, 0.05) is 17.9 Å². The van der Waals surface area contributed by atoms with Gasteiger partial charge in [0.1, 0.15) is 6.04 Å². The lowest BCUT2D eigenvalue weighted by Crippen LogP contribution is -2.53. The fourth-order valence-corrected chi connectivity index (χ4v) is 5.49. The summed E-state index contributed by atoms with van der Waals surface area (Å²) >= 11 is 0. The minimum atomic E-state index is -0.691. The van der Waals surface area contributed by atoms with Gasteiger partial charge in [0.25, 0.3) is 0 Å². The number of anilines is 1. The van der Waals surface area contributed by atoms with Crippen molar-refractivity contribution in [2.75, 3.05) is 11.9 Å². The summed E-state index contributed by atoms with van der Waals surface area (Å²) in [6.07, 6.45) is 13.2. The first-order chi connectivity index (χ1) is 15.1. The SMILES string of the molecule is O=C1NCCCC1N1C(=O)C2C=CC=C(Nc3ccc(C4CCCCC4)cc3)C2C1=O. The Morgan fingerprint density at radius 3 is 2.42 bits per heavy atom. The van der Waals surface area contributed by atoms with Crippen molar-refractivity contribution in [2.24, 2.45) is 11.8 Å². The molecule has 3 fully saturated rings. The van der Waals surface area contributed by atoms with Crippen LogP contribution in [-0.2, 0) is 14.4 Å². The van der Waals surface area contributed by atoms with Gasteiger partial charge >= 0.3 is 0 Å². The lowest BCUT2D eigenvalue weighted by Gasteiger charge is -2.29. The second kappa shape index (κ2) is 8.33. The summed E-state index contributed by atoms with van der Waals surface area (Å²) < 4.78 is 0. The maximum Gasteiger partial charge on any atom is 0.243 e. The summed E-state index contributed by atoms with van der Waals surface area (Å²) in [6.45, 7) is 0.599. The van der Waals surface area contributed by atoms with Gasteiger partial charge in [-0.25, -0.2) is 0 Å². The van der Waals surface area contributed by atoms with E-state index in [1.165, 1.54) is 42.6 Å². The Morgan fingerprint density at radius 1 is 0.903 bits per heavy atom. The van der Waals surface area contributed by atoms with E-state index in [-0.39, 0.29) is 17.7 Å². The van der Waals surface area contributed by atoms with E-state index < -0.39 is 17.9 Å². The molecule has 0 spiro atoms. The van der Waals surface area contributed by atoms with Gasteiger partial charge < -0.3 is 10.6 Å². The molecule has 3 unspecified atom stereocenters. The predicted octanol–water partition coefficient (Wildman–Crippen LogP) is 3.48. The smallest absolute Gasteiger partial charge is 0.243 e. The molecule has 6 nitrogen and oxygen atoms in total. The number of nitrogens with one attached hydrogen (secondary N) is 2. The molecule has 0 aromatic heterocycles. The van der Waals surface area contributed by atoms with Crippen molar-refractivity contribution in [1.29, 1.82) is 0 Å². The molecule has 31 heavy (non-hydrogen) atoms. The molecule has 4 aliphatic rings. The summed E-state index contributed by atoms with van der Waals surface area (Å²) in [5.41, 5.74) is 3.01. The van der Waals surface area contributed by atoms with Gasteiger partial charge in [0.05, 0.1) is 11.8 Å². The van der Waals surface area contributed by atoms with Crippen molar-refractivity contribution in [3.05, 3.63) is 53.8 Å². The van der Waals surface area contributed by atoms with E-state index in [0.29, 0.717) is 18.9 Å². The van der Waals surface area contributed by atoms with Crippen molar-refractivity contribution >= 4 is 23.4 Å². The standard InChI is InChI=1S/C25H29N3O3/c29-23-21(10-5-15-26-23)28-24(30)19-8-4-9-20(22(19)25(28)31)27-18-13-11-17(12-14-18)16-6-2-1-3-7-16/h4,8-9,11-14,16,19,21-22,27H,1-3,5-7,10,15H2,(H,26,29). The van der Waals surface area contributed by atoms with E-state index in [9.17, 15) is 14.4 Å². The third kappa shape index (κ3) is 3.68. The van der Waals surface area contributed by atoms with Gasteiger partial charge in [-0.2, -0.15) is 0 Å². The molecule has 0 bridgehead atoms. The number of carbonyl (C=O) groups excluding carboxylic acids is 3. The summed E-state index contributed by atoms with van der Waals surface area (Å²) in [4.78, 5) is 39.8. The van der Waals surface area contributed by atoms with Crippen LogP contribution in [0.2, 0.25) is 0 Å². The number of hydrogen-bond acceptors (Lipinski definition) is 4. The number of benzene rings is 1. The van der Waals surface area contributed by atoms with Crippen LogP contribution >= 0.6 is 0 Å². The van der Waals surface area contributed by atoms with E-state index in [2.05, 4.69) is 34.9 Å². The molecule has 0 radical (unpaired) electrons. The van der Waals surface area contributed by atoms with Crippen LogP contribution in [0.1, 0.15) is 56.4 Å². The zero-order valence-electron chi connectivity index (χ0n) is 17.7. The van der Waals surface area contributed by atoms with Crippen LogP contribution in [0.3, 0.4) is 0 Å². The fraction of sp³-hybridized carbons (Fsp3) is 0.480. The Bertz CT molecular complexity index is 943. The van der Waals surface area contributed by atoms with Crippen molar-refractivity contribution < 1.29 is 14.4 Å². The number of carbonyl (C=O) groups is 3. The molecule has 3 atom stereocenters. The van der Waals surface area contributed by atoms with E-state index in [4.69, 9.17) is 0 Å². The molecule has 1 aromatic carbocycles. The third-order valence-corrected chi connectivity index (χ3v) is 7.16. The first kappa shape index (κ1) is 20.0. The van der Waals surface area contributed by atoms with Crippen molar-refractivity contribution in [3.8, 4) is 0 Å². The maximum absolute atomic E-state index is 13.3. The predicted molar refractivity (Wildman–Crippen MR) is 118 cm³/mol. The molecule has 2 heterocycles. The minimum Gasteiger partial charge on any atom is -0.358 e. The zero-order valence-corrected chi connectivity index (χ0v) is 17.7. The van der Waals surface area contributed by atoms with Crippen LogP contribution in [0.4, 0.5) is 5.69 Å². The molecule has 2 aliphatic heterocycles. The Morgan fingerprint density at radius 2 is 1.68 bits per heavy atom. The van der Waals surface area contributed by atoms with Crippen molar-refractivity contribution in [3.63, 3.8) is 0 Å². The van der Waals surface area contributed by atoms with E-state index >= 15 is 0 Å². The number of rotatable bonds is 4. The van der Waals surface area contributed by atoms with Gasteiger partial charge in [-0.05, 0) is 55.4 Å². The monoisotopic (exact) mass is 419 g/mol. The number of amides is 3. The lowest BCUT2D eigenvalue weighted by atomic mass is 9.84. The number of likely N-dealkylation sites (tertiary alicyclic amines) is 1. The molecule has 6 heteroatoms. The Kier molecular flexibility index (Phi) is 5.38. The zero-order chi connectivity index (χ0) is 21.4. The molecule has 5 rings (SSSR count). The van der Waals surface area contributed by atoms with Gasteiger partial charge in [-0.15, -0.1) is 0 Å². The van der Waals surface area contributed by atoms with Gasteiger partial charge in [-0.3, -0.25) is 19.3 Å².